The van der Waals surface area contributed by atoms with Gasteiger partial charge in [-0.1, -0.05) is 29.3 Å². The second-order valence-corrected chi connectivity index (χ2v) is 6.02. The lowest BCUT2D eigenvalue weighted by atomic mass is 10.2. The van der Waals surface area contributed by atoms with Gasteiger partial charge in [0.05, 0.1) is 12.7 Å². The Hall–Kier alpha value is -1.27. The summed E-state index contributed by atoms with van der Waals surface area (Å²) in [6.45, 7) is 2.33. The first-order valence-electron chi connectivity index (χ1n) is 6.97. The fraction of sp³-hybridized carbons (Fsp3) is 0.333. The first-order valence-corrected chi connectivity index (χ1v) is 7.72. The van der Waals surface area contributed by atoms with Crippen LogP contribution in [-0.2, 0) is 11.3 Å². The fourth-order valence-electron chi connectivity index (χ4n) is 1.94. The smallest absolute Gasteiger partial charge is 0.225 e. The molecule has 1 aromatic heterocycles. The van der Waals surface area contributed by atoms with Crippen molar-refractivity contribution >= 4 is 47.3 Å². The Balaban J connectivity index is 0.00000264. The number of nitrogens with one attached hydrogen (secondary N) is 1. The Kier molecular flexibility index (Phi) is 7.85. The van der Waals surface area contributed by atoms with Gasteiger partial charge in [0.15, 0.2) is 0 Å². The Bertz CT molecular complexity index is 658. The Morgan fingerprint density at radius 3 is 2.78 bits per heavy atom. The highest BCUT2D eigenvalue weighted by atomic mass is 35.5. The van der Waals surface area contributed by atoms with Crippen molar-refractivity contribution in [2.45, 2.75) is 32.4 Å². The van der Waals surface area contributed by atoms with E-state index >= 15 is 0 Å². The van der Waals surface area contributed by atoms with E-state index < -0.39 is 0 Å². The maximum Gasteiger partial charge on any atom is 0.225 e. The van der Waals surface area contributed by atoms with Gasteiger partial charge in [-0.15, -0.1) is 12.4 Å². The van der Waals surface area contributed by atoms with Crippen molar-refractivity contribution in [2.75, 3.05) is 5.32 Å². The number of benzene rings is 1. The van der Waals surface area contributed by atoms with Crippen LogP contribution in [0.5, 0.6) is 0 Å². The SMILES string of the molecule is CC(N)CCC(=O)Nc1ccnn1Cc1ccc(Cl)cc1Cl.Cl. The lowest BCUT2D eigenvalue weighted by Crippen LogP contribution is -2.20. The molecule has 1 heterocycles. The van der Waals surface area contributed by atoms with Crippen molar-refractivity contribution in [3.05, 3.63) is 46.1 Å². The van der Waals surface area contributed by atoms with Gasteiger partial charge in [0.1, 0.15) is 5.82 Å². The first kappa shape index (κ1) is 19.8. The van der Waals surface area contributed by atoms with Gasteiger partial charge in [0, 0.05) is 28.6 Å². The van der Waals surface area contributed by atoms with E-state index in [1.165, 1.54) is 0 Å². The molecule has 1 atom stereocenters. The van der Waals surface area contributed by atoms with E-state index in [-0.39, 0.29) is 24.4 Å². The number of aromatic nitrogens is 2. The zero-order valence-electron chi connectivity index (χ0n) is 12.6. The summed E-state index contributed by atoms with van der Waals surface area (Å²) in [5.74, 6) is 0.543. The predicted octanol–water partition coefficient (Wildman–Crippen LogP) is 3.73. The molecule has 0 aliphatic carbocycles. The molecule has 0 fully saturated rings. The minimum absolute atomic E-state index is 0. The molecule has 126 valence electrons. The highest BCUT2D eigenvalue weighted by molar-refractivity contribution is 6.35. The molecule has 23 heavy (non-hydrogen) atoms. The number of carbonyl (C=O) groups excluding carboxylic acids is 1. The second-order valence-electron chi connectivity index (χ2n) is 5.17. The summed E-state index contributed by atoms with van der Waals surface area (Å²) in [5.41, 5.74) is 6.53. The number of nitrogens with zero attached hydrogens (tertiary/aromatic N) is 2. The van der Waals surface area contributed by atoms with Gasteiger partial charge in [0.25, 0.3) is 0 Å². The lowest BCUT2D eigenvalue weighted by Gasteiger charge is -2.11. The number of amides is 1. The number of rotatable bonds is 6. The highest BCUT2D eigenvalue weighted by Gasteiger charge is 2.10. The Labute approximate surface area is 151 Å². The maximum absolute atomic E-state index is 11.9. The lowest BCUT2D eigenvalue weighted by molar-refractivity contribution is -0.116. The zero-order valence-corrected chi connectivity index (χ0v) is 15.0. The first-order chi connectivity index (χ1) is 10.5. The predicted molar refractivity (Wildman–Crippen MR) is 96.6 cm³/mol. The second kappa shape index (κ2) is 9.13. The van der Waals surface area contributed by atoms with Gasteiger partial charge in [-0.3, -0.25) is 4.79 Å². The largest absolute Gasteiger partial charge is 0.328 e. The number of carbonyl (C=O) groups is 1. The van der Waals surface area contributed by atoms with Gasteiger partial charge in [-0.05, 0) is 31.0 Å². The number of nitrogens with two attached hydrogens (primary N) is 1. The van der Waals surface area contributed by atoms with Crippen LogP contribution in [0.4, 0.5) is 5.82 Å². The average molecular weight is 378 g/mol. The van der Waals surface area contributed by atoms with Crippen LogP contribution in [0.1, 0.15) is 25.3 Å². The molecule has 5 nitrogen and oxygen atoms in total. The molecule has 1 amide bonds. The van der Waals surface area contributed by atoms with Gasteiger partial charge < -0.3 is 11.1 Å². The van der Waals surface area contributed by atoms with Crippen LogP contribution in [0.25, 0.3) is 0 Å². The molecule has 0 radical (unpaired) electrons. The molecule has 0 aliphatic rings. The molecule has 0 bridgehead atoms. The van der Waals surface area contributed by atoms with Gasteiger partial charge in [0.2, 0.25) is 5.91 Å². The molecule has 2 aromatic rings. The van der Waals surface area contributed by atoms with Crippen LogP contribution in [0, 0.1) is 0 Å². The molecular formula is C15H19Cl3N4O. The van der Waals surface area contributed by atoms with Crippen molar-refractivity contribution in [2.24, 2.45) is 5.73 Å². The van der Waals surface area contributed by atoms with Crippen LogP contribution in [0.3, 0.4) is 0 Å². The van der Waals surface area contributed by atoms with Crippen LogP contribution in [-0.4, -0.2) is 21.7 Å². The van der Waals surface area contributed by atoms with Gasteiger partial charge in [-0.2, -0.15) is 5.10 Å². The maximum atomic E-state index is 11.9. The van der Waals surface area contributed by atoms with Crippen LogP contribution < -0.4 is 11.1 Å². The van der Waals surface area contributed by atoms with Crippen LogP contribution >= 0.6 is 35.6 Å². The summed E-state index contributed by atoms with van der Waals surface area (Å²) in [6.07, 6.45) is 2.65. The quantitative estimate of drug-likeness (QED) is 0.805. The van der Waals surface area contributed by atoms with Crippen LogP contribution in [0.2, 0.25) is 10.0 Å². The molecule has 8 heteroatoms. The Morgan fingerprint density at radius 1 is 1.39 bits per heavy atom. The summed E-state index contributed by atoms with van der Waals surface area (Å²) in [6, 6.07) is 7.04. The van der Waals surface area contributed by atoms with Gasteiger partial charge in [-0.25, -0.2) is 4.68 Å². The van der Waals surface area contributed by atoms with Crippen molar-refractivity contribution in [3.63, 3.8) is 0 Å². The van der Waals surface area contributed by atoms with Crippen molar-refractivity contribution in [1.29, 1.82) is 0 Å². The summed E-state index contributed by atoms with van der Waals surface area (Å²) >= 11 is 12.0. The number of anilines is 1. The fourth-order valence-corrected chi connectivity index (χ4v) is 2.41. The molecular weight excluding hydrogens is 359 g/mol. The molecule has 0 spiro atoms. The normalized spacial score (nSPS) is 11.7. The molecule has 1 aromatic carbocycles. The van der Waals surface area contributed by atoms with Crippen LogP contribution in [0.15, 0.2) is 30.5 Å². The third-order valence-electron chi connectivity index (χ3n) is 3.15. The number of halogens is 3. The van der Waals surface area contributed by atoms with E-state index in [2.05, 4.69) is 10.4 Å². The molecule has 0 aliphatic heterocycles. The van der Waals surface area contributed by atoms with Crippen molar-refractivity contribution in [1.82, 2.24) is 9.78 Å². The van der Waals surface area contributed by atoms with E-state index in [4.69, 9.17) is 28.9 Å². The Morgan fingerprint density at radius 2 is 2.13 bits per heavy atom. The number of hydrogen-bond donors (Lipinski definition) is 2. The van der Waals surface area contributed by atoms with E-state index in [9.17, 15) is 4.79 Å². The zero-order chi connectivity index (χ0) is 16.1. The summed E-state index contributed by atoms with van der Waals surface area (Å²) in [5, 5.41) is 8.19. The van der Waals surface area contributed by atoms with Gasteiger partial charge >= 0.3 is 0 Å². The third kappa shape index (κ3) is 6.03. The highest BCUT2D eigenvalue weighted by Crippen LogP contribution is 2.22. The molecule has 3 N–H and O–H groups in total. The topological polar surface area (TPSA) is 72.9 Å². The monoisotopic (exact) mass is 376 g/mol. The summed E-state index contributed by atoms with van der Waals surface area (Å²) < 4.78 is 1.68. The van der Waals surface area contributed by atoms with E-state index in [1.54, 1.807) is 29.1 Å². The summed E-state index contributed by atoms with van der Waals surface area (Å²) in [7, 11) is 0. The molecule has 1 unspecified atom stereocenters. The van der Waals surface area contributed by atoms with Crippen molar-refractivity contribution < 1.29 is 4.79 Å². The third-order valence-corrected chi connectivity index (χ3v) is 3.73. The van der Waals surface area contributed by atoms with E-state index in [0.717, 1.165) is 5.56 Å². The minimum Gasteiger partial charge on any atom is -0.328 e. The minimum atomic E-state index is -0.0822. The van der Waals surface area contributed by atoms with E-state index in [0.29, 0.717) is 35.2 Å². The molecule has 0 saturated carbocycles. The molecule has 0 saturated heterocycles. The van der Waals surface area contributed by atoms with E-state index in [1.807, 2.05) is 13.0 Å². The number of hydrogen-bond acceptors (Lipinski definition) is 3. The molecule has 2 rings (SSSR count). The summed E-state index contributed by atoms with van der Waals surface area (Å²) in [4.78, 5) is 11.9. The van der Waals surface area contributed by atoms with Crippen molar-refractivity contribution in [3.8, 4) is 0 Å². The average Bonchev–Trinajstić information content (AvgIpc) is 2.87. The standard InChI is InChI=1S/C15H18Cl2N4O.ClH/c1-10(18)2-5-15(22)20-14-6-7-19-21(14)9-11-3-4-12(16)8-13(11)17;/h3-4,6-8,10H,2,5,9,18H2,1H3,(H,20,22);1H.